The largest absolute Gasteiger partial charge is 0.550 e. The Balaban J connectivity index is 4.16. The van der Waals surface area contributed by atoms with Crippen molar-refractivity contribution in [1.82, 2.24) is 0 Å². The van der Waals surface area contributed by atoms with Gasteiger partial charge in [0.2, 0.25) is 0 Å². The van der Waals surface area contributed by atoms with E-state index in [4.69, 9.17) is 0 Å². The molecule has 0 saturated heterocycles. The fourth-order valence-corrected chi connectivity index (χ4v) is 6.06. The Bertz CT molecular complexity index is 682. The van der Waals surface area contributed by atoms with Gasteiger partial charge in [-0.05, 0) is 46.0 Å². The monoisotopic (exact) mass is 595 g/mol. The molecule has 246 valence electrons. The fraction of sp³-hybridized carbons (Fsp3) is 0.857. The Morgan fingerprint density at radius 2 is 0.905 bits per heavy atom. The molecule has 0 bridgehead atoms. The number of aliphatic carboxylic acids is 3. The van der Waals surface area contributed by atoms with E-state index in [1.54, 1.807) is 20.8 Å². The molecule has 2 N–H and O–H groups in total. The second kappa shape index (κ2) is 25.6. The molecule has 0 fully saturated rings. The molecule has 0 aliphatic rings. The standard InChI is InChI=1S/C35H65NO6/c1-5-6-7-8-9-10-11-12-13-14-15-16-17-18-19-20-21-22-23-24-25-26-36(27-30(2)33(37)38,28-31(3)34(39)40)29-32(4)35(41)42/h7-8,30-32H,5-6,9-29H2,1-4H3,(H2-,37,38,39,40,41,42)/b8-7+. The van der Waals surface area contributed by atoms with E-state index in [1.807, 2.05) is 0 Å². The van der Waals surface area contributed by atoms with Crippen LogP contribution in [-0.4, -0.2) is 58.8 Å². The third kappa shape index (κ3) is 21.8. The summed E-state index contributed by atoms with van der Waals surface area (Å²) in [5.74, 6) is -5.22. The van der Waals surface area contributed by atoms with Gasteiger partial charge in [-0.15, -0.1) is 0 Å². The van der Waals surface area contributed by atoms with Gasteiger partial charge in [0.25, 0.3) is 0 Å². The number of hydrogen-bond donors (Lipinski definition) is 2. The van der Waals surface area contributed by atoms with E-state index < -0.39 is 35.7 Å². The number of hydrogen-bond acceptors (Lipinski definition) is 4. The van der Waals surface area contributed by atoms with Crippen LogP contribution < -0.4 is 5.11 Å². The molecule has 0 aliphatic carbocycles. The third-order valence-corrected chi connectivity index (χ3v) is 8.60. The van der Waals surface area contributed by atoms with Gasteiger partial charge < -0.3 is 24.6 Å². The van der Waals surface area contributed by atoms with Crippen molar-refractivity contribution in [3.05, 3.63) is 12.2 Å². The highest BCUT2D eigenvalue weighted by molar-refractivity contribution is 5.70. The number of carboxylic acid groups (broad SMARTS) is 3. The van der Waals surface area contributed by atoms with E-state index in [-0.39, 0.29) is 24.1 Å². The van der Waals surface area contributed by atoms with Crippen molar-refractivity contribution in [2.45, 2.75) is 150 Å². The van der Waals surface area contributed by atoms with Crippen LogP contribution in [0.25, 0.3) is 0 Å². The maximum absolute atomic E-state index is 11.6. The molecule has 0 radical (unpaired) electrons. The fourth-order valence-electron chi connectivity index (χ4n) is 6.06. The average molecular weight is 596 g/mol. The zero-order valence-corrected chi connectivity index (χ0v) is 27.6. The Morgan fingerprint density at radius 1 is 0.571 bits per heavy atom. The molecule has 7 nitrogen and oxygen atoms in total. The van der Waals surface area contributed by atoms with Crippen LogP contribution in [0.4, 0.5) is 0 Å². The summed E-state index contributed by atoms with van der Waals surface area (Å²) in [6.45, 7) is 8.23. The molecule has 0 aliphatic heterocycles. The molecule has 0 saturated carbocycles. The Hall–Kier alpha value is -1.89. The molecule has 0 aromatic rings. The lowest BCUT2D eigenvalue weighted by Gasteiger charge is -2.43. The van der Waals surface area contributed by atoms with Gasteiger partial charge in [0.05, 0.1) is 26.2 Å². The topological polar surface area (TPSA) is 115 Å². The third-order valence-electron chi connectivity index (χ3n) is 8.60. The predicted octanol–water partition coefficient (Wildman–Crippen LogP) is 7.62. The molecule has 0 amide bonds. The first-order valence-corrected chi connectivity index (χ1v) is 17.2. The van der Waals surface area contributed by atoms with E-state index in [9.17, 15) is 29.7 Å². The number of allylic oxidation sites excluding steroid dienone is 2. The van der Waals surface area contributed by atoms with Gasteiger partial charge in [-0.3, -0.25) is 9.59 Å². The highest BCUT2D eigenvalue weighted by Crippen LogP contribution is 2.22. The lowest BCUT2D eigenvalue weighted by atomic mass is 10.00. The summed E-state index contributed by atoms with van der Waals surface area (Å²) in [4.78, 5) is 34.8. The van der Waals surface area contributed by atoms with Gasteiger partial charge in [-0.25, -0.2) is 0 Å². The van der Waals surface area contributed by atoms with E-state index in [0.29, 0.717) is 6.54 Å². The number of carboxylic acids is 3. The van der Waals surface area contributed by atoms with Crippen LogP contribution >= 0.6 is 0 Å². The summed E-state index contributed by atoms with van der Waals surface area (Å²) in [5.41, 5.74) is 0. The molecule has 3 unspecified atom stereocenters. The van der Waals surface area contributed by atoms with Gasteiger partial charge in [0.15, 0.2) is 0 Å². The van der Waals surface area contributed by atoms with Gasteiger partial charge >= 0.3 is 11.9 Å². The van der Waals surface area contributed by atoms with E-state index in [2.05, 4.69) is 19.1 Å². The maximum atomic E-state index is 11.6. The van der Waals surface area contributed by atoms with E-state index in [1.165, 1.54) is 103 Å². The van der Waals surface area contributed by atoms with Crippen LogP contribution in [0, 0.1) is 17.8 Å². The number of quaternary nitrogens is 1. The minimum Gasteiger partial charge on any atom is -0.550 e. The minimum absolute atomic E-state index is 0.187. The van der Waals surface area contributed by atoms with Crippen LogP contribution in [0.1, 0.15) is 150 Å². The molecule has 0 aromatic carbocycles. The molecular weight excluding hydrogens is 530 g/mol. The zero-order chi connectivity index (χ0) is 31.6. The summed E-state index contributed by atoms with van der Waals surface area (Å²) in [6, 6.07) is 0. The maximum Gasteiger partial charge on any atom is 0.311 e. The molecule has 0 rings (SSSR count). The van der Waals surface area contributed by atoms with Crippen molar-refractivity contribution >= 4 is 17.9 Å². The average Bonchev–Trinajstić information content (AvgIpc) is 2.93. The van der Waals surface area contributed by atoms with Crippen LogP contribution in [0.3, 0.4) is 0 Å². The van der Waals surface area contributed by atoms with Crippen molar-refractivity contribution in [3.63, 3.8) is 0 Å². The SMILES string of the molecule is CCC/C=C/CCCCCCCCCCCCCCCCCC[N+](CC(C)C(=O)[O-])(CC(C)C(=O)O)CC(C)C(=O)O. The summed E-state index contributed by atoms with van der Waals surface area (Å²) in [7, 11) is 0. The van der Waals surface area contributed by atoms with Gasteiger partial charge in [-0.1, -0.05) is 116 Å². The molecule has 7 heteroatoms. The van der Waals surface area contributed by atoms with Gasteiger partial charge in [-0.2, -0.15) is 0 Å². The number of carbonyl (C=O) groups is 3. The zero-order valence-electron chi connectivity index (χ0n) is 27.6. The lowest BCUT2D eigenvalue weighted by Crippen LogP contribution is -2.58. The quantitative estimate of drug-likeness (QED) is 0.0501. The summed E-state index contributed by atoms with van der Waals surface area (Å²) in [6.07, 6.45) is 28.5. The van der Waals surface area contributed by atoms with Crippen molar-refractivity contribution < 1.29 is 34.2 Å². The molecular formula is C35H65NO6. The van der Waals surface area contributed by atoms with Crippen molar-refractivity contribution in [1.29, 1.82) is 0 Å². The summed E-state index contributed by atoms with van der Waals surface area (Å²) < 4.78 is 0.187. The Labute approximate surface area is 257 Å². The highest BCUT2D eigenvalue weighted by Gasteiger charge is 2.36. The lowest BCUT2D eigenvalue weighted by molar-refractivity contribution is -0.934. The summed E-state index contributed by atoms with van der Waals surface area (Å²) in [5, 5.41) is 30.6. The van der Waals surface area contributed by atoms with Gasteiger partial charge in [0.1, 0.15) is 11.8 Å². The molecule has 0 heterocycles. The second-order valence-electron chi connectivity index (χ2n) is 13.0. The van der Waals surface area contributed by atoms with E-state index >= 15 is 0 Å². The summed E-state index contributed by atoms with van der Waals surface area (Å²) >= 11 is 0. The Morgan fingerprint density at radius 3 is 1.26 bits per heavy atom. The minimum atomic E-state index is -1.18. The smallest absolute Gasteiger partial charge is 0.311 e. The predicted molar refractivity (Wildman–Crippen MR) is 170 cm³/mol. The van der Waals surface area contributed by atoms with Crippen LogP contribution in [-0.2, 0) is 14.4 Å². The number of nitrogens with zero attached hydrogens (tertiary/aromatic N) is 1. The Kier molecular flexibility index (Phi) is 24.4. The van der Waals surface area contributed by atoms with Crippen LogP contribution in [0.15, 0.2) is 12.2 Å². The highest BCUT2D eigenvalue weighted by atomic mass is 16.4. The molecule has 3 atom stereocenters. The molecule has 0 spiro atoms. The second-order valence-corrected chi connectivity index (χ2v) is 13.0. The molecule has 42 heavy (non-hydrogen) atoms. The van der Waals surface area contributed by atoms with Crippen molar-refractivity contribution in [3.8, 4) is 0 Å². The van der Waals surface area contributed by atoms with Gasteiger partial charge in [0, 0.05) is 11.9 Å². The number of unbranched alkanes of at least 4 members (excludes halogenated alkanes) is 17. The first-order valence-electron chi connectivity index (χ1n) is 17.2. The van der Waals surface area contributed by atoms with Crippen molar-refractivity contribution in [2.24, 2.45) is 17.8 Å². The first-order chi connectivity index (χ1) is 20.0. The van der Waals surface area contributed by atoms with Crippen molar-refractivity contribution in [2.75, 3.05) is 26.2 Å². The number of carbonyl (C=O) groups excluding carboxylic acids is 1. The molecule has 0 aromatic heterocycles. The number of rotatable bonds is 30. The normalized spacial score (nSPS) is 15.3. The van der Waals surface area contributed by atoms with Crippen LogP contribution in [0.2, 0.25) is 0 Å². The van der Waals surface area contributed by atoms with E-state index in [0.717, 1.165) is 19.3 Å². The van der Waals surface area contributed by atoms with Crippen LogP contribution in [0.5, 0.6) is 0 Å². The first kappa shape index (κ1) is 40.1.